The monoisotopic (exact) mass is 388 g/mol. The summed E-state index contributed by atoms with van der Waals surface area (Å²) in [4.78, 5) is 2.54. The van der Waals surface area contributed by atoms with Crippen LogP contribution in [-0.4, -0.2) is 30.6 Å². The maximum Gasteiger partial charge on any atom is 0.128 e. The Kier molecular flexibility index (Phi) is 4.10. The molecule has 2 saturated heterocycles. The number of anilines is 2. The van der Waals surface area contributed by atoms with E-state index in [1.54, 1.807) is 6.07 Å². The third-order valence-corrected chi connectivity index (χ3v) is 7.89. The van der Waals surface area contributed by atoms with Gasteiger partial charge in [0.25, 0.3) is 0 Å². The Hall–Kier alpha value is -1.70. The molecule has 2 aliphatic heterocycles. The number of benzene rings is 1. The molecular formula is C19H21FN4S2. The number of thiophene rings is 1. The van der Waals surface area contributed by atoms with Crippen molar-refractivity contribution in [1.29, 1.82) is 0 Å². The van der Waals surface area contributed by atoms with Crippen molar-refractivity contribution in [3.63, 3.8) is 0 Å². The van der Waals surface area contributed by atoms with Crippen LogP contribution in [0.3, 0.4) is 0 Å². The van der Waals surface area contributed by atoms with Crippen LogP contribution in [0.15, 0.2) is 24.3 Å². The second kappa shape index (κ2) is 6.48. The maximum absolute atomic E-state index is 13.9. The van der Waals surface area contributed by atoms with Crippen LogP contribution in [0, 0.1) is 24.6 Å². The van der Waals surface area contributed by atoms with Gasteiger partial charge in [0.2, 0.25) is 0 Å². The third-order valence-electron chi connectivity index (χ3n) is 5.60. The molecule has 1 aromatic carbocycles. The summed E-state index contributed by atoms with van der Waals surface area (Å²) >= 11 is 3.30. The molecule has 2 unspecified atom stereocenters. The Balaban J connectivity index is 1.39. The average Bonchev–Trinajstić information content (AvgIpc) is 3.36. The normalized spacial score (nSPS) is 22.3. The highest BCUT2D eigenvalue weighted by atomic mass is 32.1. The molecule has 136 valence electrons. The van der Waals surface area contributed by atoms with Crippen LogP contribution >= 0.6 is 22.9 Å². The molecule has 2 N–H and O–H groups in total. The van der Waals surface area contributed by atoms with Gasteiger partial charge in [0, 0.05) is 43.9 Å². The molecule has 0 amide bonds. The van der Waals surface area contributed by atoms with Crippen molar-refractivity contribution in [3.05, 3.63) is 41.2 Å². The molecule has 4 heterocycles. The van der Waals surface area contributed by atoms with Crippen molar-refractivity contribution in [3.8, 4) is 0 Å². The topological polar surface area (TPSA) is 40.2 Å². The third kappa shape index (κ3) is 2.69. The molecule has 0 saturated carbocycles. The number of nitrogens with one attached hydrogen (secondary N) is 2. The number of aromatic nitrogens is 1. The largest absolute Gasteiger partial charge is 0.370 e. The van der Waals surface area contributed by atoms with E-state index in [0.717, 1.165) is 48.5 Å². The van der Waals surface area contributed by atoms with E-state index in [1.807, 2.05) is 23.5 Å². The molecule has 0 radical (unpaired) electrons. The molecule has 2 fully saturated rings. The van der Waals surface area contributed by atoms with E-state index in [1.165, 1.54) is 32.9 Å². The van der Waals surface area contributed by atoms with Crippen molar-refractivity contribution >= 4 is 43.1 Å². The van der Waals surface area contributed by atoms with Gasteiger partial charge in [-0.3, -0.25) is 0 Å². The number of hydrogen-bond acceptors (Lipinski definition) is 6. The minimum absolute atomic E-state index is 0.166. The molecule has 2 aromatic heterocycles. The predicted molar refractivity (Wildman–Crippen MR) is 108 cm³/mol. The molecule has 3 aromatic rings. The van der Waals surface area contributed by atoms with Crippen LogP contribution in [0.5, 0.6) is 0 Å². The van der Waals surface area contributed by atoms with Crippen molar-refractivity contribution in [2.75, 3.05) is 36.4 Å². The highest BCUT2D eigenvalue weighted by Crippen LogP contribution is 2.45. The fraction of sp³-hybridized carbons (Fsp3) is 0.421. The molecule has 2 aliphatic rings. The Bertz CT molecular complexity index is 938. The van der Waals surface area contributed by atoms with Gasteiger partial charge in [-0.2, -0.15) is 4.37 Å². The number of fused-ring (bicyclic) bond motifs is 2. The van der Waals surface area contributed by atoms with Gasteiger partial charge in [-0.15, -0.1) is 11.3 Å². The fourth-order valence-corrected chi connectivity index (χ4v) is 6.35. The van der Waals surface area contributed by atoms with Crippen LogP contribution in [-0.2, 0) is 6.54 Å². The van der Waals surface area contributed by atoms with Gasteiger partial charge in [0.05, 0.1) is 9.70 Å². The number of rotatable bonds is 4. The Morgan fingerprint density at radius 1 is 1.27 bits per heavy atom. The highest BCUT2D eigenvalue weighted by molar-refractivity contribution is 7.27. The van der Waals surface area contributed by atoms with Gasteiger partial charge >= 0.3 is 0 Å². The van der Waals surface area contributed by atoms with Gasteiger partial charge in [-0.05, 0) is 36.4 Å². The molecule has 0 aliphatic carbocycles. The summed E-state index contributed by atoms with van der Waals surface area (Å²) in [6.45, 7) is 7.24. The second-order valence-corrected chi connectivity index (χ2v) is 9.02. The van der Waals surface area contributed by atoms with Crippen LogP contribution < -0.4 is 15.5 Å². The summed E-state index contributed by atoms with van der Waals surface area (Å²) in [6.07, 6.45) is 0. The van der Waals surface area contributed by atoms with Gasteiger partial charge in [0.15, 0.2) is 0 Å². The summed E-state index contributed by atoms with van der Waals surface area (Å²) in [5.74, 6) is 1.39. The minimum Gasteiger partial charge on any atom is -0.370 e. The van der Waals surface area contributed by atoms with E-state index in [9.17, 15) is 4.39 Å². The Morgan fingerprint density at radius 3 is 2.81 bits per heavy atom. The van der Waals surface area contributed by atoms with E-state index >= 15 is 0 Å². The van der Waals surface area contributed by atoms with Crippen LogP contribution in [0.1, 0.15) is 11.1 Å². The summed E-state index contributed by atoms with van der Waals surface area (Å²) in [6, 6.07) is 6.92. The maximum atomic E-state index is 13.9. The van der Waals surface area contributed by atoms with E-state index in [4.69, 9.17) is 0 Å². The molecule has 5 rings (SSSR count). The molecular weight excluding hydrogens is 367 g/mol. The van der Waals surface area contributed by atoms with Crippen LogP contribution in [0.25, 0.3) is 10.2 Å². The zero-order valence-electron chi connectivity index (χ0n) is 14.6. The van der Waals surface area contributed by atoms with Gasteiger partial charge in [0.1, 0.15) is 16.3 Å². The van der Waals surface area contributed by atoms with Crippen LogP contribution in [0.2, 0.25) is 0 Å². The number of nitrogens with zero attached hydrogens (tertiary/aromatic N) is 2. The van der Waals surface area contributed by atoms with Gasteiger partial charge in [-0.1, -0.05) is 18.2 Å². The number of hydrogen-bond donors (Lipinski definition) is 2. The lowest BCUT2D eigenvalue weighted by atomic mass is 10.0. The predicted octanol–water partition coefficient (Wildman–Crippen LogP) is 4.07. The molecule has 26 heavy (non-hydrogen) atoms. The fourth-order valence-electron chi connectivity index (χ4n) is 4.14. The standard InChI is InChI=1S/C19H21FN4S2/c1-11-16-17(25-19(11)24-9-13-6-21-7-14(13)10-24)18(26-23-16)22-8-12-4-2-3-5-15(12)20/h2-5,13-14,21-22H,6-10H2,1H3. The van der Waals surface area contributed by atoms with Crippen molar-refractivity contribution < 1.29 is 4.39 Å². The summed E-state index contributed by atoms with van der Waals surface area (Å²) in [5.41, 5.74) is 3.07. The lowest BCUT2D eigenvalue weighted by molar-refractivity contribution is 0.533. The summed E-state index contributed by atoms with van der Waals surface area (Å²) in [5, 5.41) is 9.30. The van der Waals surface area contributed by atoms with E-state index < -0.39 is 0 Å². The van der Waals surface area contributed by atoms with Crippen molar-refractivity contribution in [2.45, 2.75) is 13.5 Å². The first kappa shape index (κ1) is 16.5. The van der Waals surface area contributed by atoms with Gasteiger partial charge < -0.3 is 15.5 Å². The summed E-state index contributed by atoms with van der Waals surface area (Å²) in [7, 11) is 0. The zero-order valence-corrected chi connectivity index (χ0v) is 16.2. The Morgan fingerprint density at radius 2 is 2.04 bits per heavy atom. The van der Waals surface area contributed by atoms with E-state index in [-0.39, 0.29) is 5.82 Å². The molecule has 0 bridgehead atoms. The zero-order chi connectivity index (χ0) is 17.7. The number of aryl methyl sites for hydroxylation is 1. The SMILES string of the molecule is Cc1c(N2CC3CNCC3C2)sc2c(NCc3ccccc3F)snc12. The van der Waals surface area contributed by atoms with Crippen molar-refractivity contribution in [1.82, 2.24) is 9.69 Å². The molecule has 2 atom stereocenters. The highest BCUT2D eigenvalue weighted by Gasteiger charge is 2.37. The first-order chi connectivity index (χ1) is 12.7. The van der Waals surface area contributed by atoms with Crippen molar-refractivity contribution in [2.24, 2.45) is 11.8 Å². The molecule has 0 spiro atoms. The van der Waals surface area contributed by atoms with Crippen LogP contribution in [0.4, 0.5) is 14.4 Å². The first-order valence-electron chi connectivity index (χ1n) is 9.02. The lowest BCUT2D eigenvalue weighted by Crippen LogP contribution is -2.25. The van der Waals surface area contributed by atoms with E-state index in [0.29, 0.717) is 12.1 Å². The second-order valence-electron chi connectivity index (χ2n) is 7.25. The first-order valence-corrected chi connectivity index (χ1v) is 10.6. The number of halogens is 1. The average molecular weight is 389 g/mol. The smallest absolute Gasteiger partial charge is 0.128 e. The molecule has 4 nitrogen and oxygen atoms in total. The lowest BCUT2D eigenvalue weighted by Gasteiger charge is -2.18. The Labute approximate surface area is 160 Å². The summed E-state index contributed by atoms with van der Waals surface area (Å²) < 4.78 is 19.7. The molecule has 7 heteroatoms. The minimum atomic E-state index is -0.166. The quantitative estimate of drug-likeness (QED) is 0.707. The van der Waals surface area contributed by atoms with E-state index in [2.05, 4.69) is 26.8 Å². The van der Waals surface area contributed by atoms with Gasteiger partial charge in [-0.25, -0.2) is 4.39 Å².